The third-order valence-corrected chi connectivity index (χ3v) is 4.45. The number of phenolic OH excluding ortho intramolecular Hbond substituents is 1. The number of hydrogen-bond acceptors (Lipinski definition) is 4. The summed E-state index contributed by atoms with van der Waals surface area (Å²) >= 11 is 0. The summed E-state index contributed by atoms with van der Waals surface area (Å²) in [6, 6.07) is 10.7. The van der Waals surface area contributed by atoms with Crippen LogP contribution in [0.4, 0.5) is 17.6 Å². The molecule has 0 spiro atoms. The van der Waals surface area contributed by atoms with Crippen molar-refractivity contribution in [2.75, 3.05) is 0 Å². The highest BCUT2D eigenvalue weighted by molar-refractivity contribution is 6.03. The topological polar surface area (TPSA) is 73.1 Å². The van der Waals surface area contributed by atoms with Crippen molar-refractivity contribution in [2.24, 2.45) is 5.10 Å². The Kier molecular flexibility index (Phi) is 5.12. The molecular weight excluding hydrogens is 380 g/mol. The number of phenols is 1. The second-order valence-corrected chi connectivity index (χ2v) is 6.38. The van der Waals surface area contributed by atoms with Crippen LogP contribution in [-0.4, -0.2) is 38.7 Å². The number of alkyl halides is 3. The smallest absolute Gasteiger partial charge is 0.438 e. The first-order valence-electron chi connectivity index (χ1n) is 8.34. The molecule has 2 aromatic rings. The molecule has 2 aromatic carbocycles. The molecule has 0 fully saturated rings. The highest BCUT2D eigenvalue weighted by atomic mass is 19.4. The zero-order valence-corrected chi connectivity index (χ0v) is 14.4. The Morgan fingerprint density at radius 2 is 1.79 bits per heavy atom. The predicted molar refractivity (Wildman–Crippen MR) is 91.8 cm³/mol. The SMILES string of the molecule is O=C(CCc1ccccc1O)N1N=C(c2ccc(F)cc2)C[C@]1(O)C(F)(F)F. The lowest BCUT2D eigenvalue weighted by atomic mass is 10.0. The van der Waals surface area contributed by atoms with Gasteiger partial charge in [-0.3, -0.25) is 4.79 Å². The van der Waals surface area contributed by atoms with Crippen LogP contribution in [-0.2, 0) is 11.2 Å². The van der Waals surface area contributed by atoms with Crippen molar-refractivity contribution in [3.05, 3.63) is 65.5 Å². The summed E-state index contributed by atoms with van der Waals surface area (Å²) in [6.45, 7) is 0. The Morgan fingerprint density at radius 1 is 1.14 bits per heavy atom. The van der Waals surface area contributed by atoms with Gasteiger partial charge in [0.05, 0.1) is 12.1 Å². The fraction of sp³-hybridized carbons (Fsp3) is 0.263. The maximum atomic E-state index is 13.5. The van der Waals surface area contributed by atoms with Gasteiger partial charge < -0.3 is 10.2 Å². The van der Waals surface area contributed by atoms with E-state index in [9.17, 15) is 32.6 Å². The van der Waals surface area contributed by atoms with E-state index in [0.717, 1.165) is 12.1 Å². The van der Waals surface area contributed by atoms with E-state index in [2.05, 4.69) is 5.10 Å². The van der Waals surface area contributed by atoms with E-state index in [0.29, 0.717) is 5.56 Å². The number of nitrogens with zero attached hydrogens (tertiary/aromatic N) is 2. The standard InChI is InChI=1S/C19H16F4N2O3/c20-14-8-5-12(6-9-14)15-11-18(28,19(21,22)23)25(24-15)17(27)10-7-13-3-1-2-4-16(13)26/h1-6,8-9,26,28H,7,10-11H2/t18-/m0/s1. The van der Waals surface area contributed by atoms with Crippen molar-refractivity contribution in [1.82, 2.24) is 5.01 Å². The maximum absolute atomic E-state index is 13.5. The molecule has 1 atom stereocenters. The third-order valence-electron chi connectivity index (χ3n) is 4.45. The van der Waals surface area contributed by atoms with Crippen molar-refractivity contribution in [2.45, 2.75) is 31.2 Å². The lowest BCUT2D eigenvalue weighted by molar-refractivity contribution is -0.302. The second kappa shape index (κ2) is 7.23. The van der Waals surface area contributed by atoms with Gasteiger partial charge in [-0.05, 0) is 35.7 Å². The number of carbonyl (C=O) groups excluding carboxylic acids is 1. The summed E-state index contributed by atoms with van der Waals surface area (Å²) < 4.78 is 53.6. The largest absolute Gasteiger partial charge is 0.508 e. The fourth-order valence-electron chi connectivity index (χ4n) is 2.90. The van der Waals surface area contributed by atoms with Gasteiger partial charge in [-0.25, -0.2) is 4.39 Å². The molecule has 0 radical (unpaired) electrons. The molecule has 148 valence electrons. The summed E-state index contributed by atoms with van der Waals surface area (Å²) in [4.78, 5) is 12.4. The average molecular weight is 396 g/mol. The van der Waals surface area contributed by atoms with Gasteiger partial charge >= 0.3 is 6.18 Å². The fourth-order valence-corrected chi connectivity index (χ4v) is 2.90. The van der Waals surface area contributed by atoms with Crippen molar-refractivity contribution in [1.29, 1.82) is 0 Å². The van der Waals surface area contributed by atoms with Gasteiger partial charge in [0.15, 0.2) is 0 Å². The summed E-state index contributed by atoms with van der Waals surface area (Å²) in [5.74, 6) is -1.72. The minimum atomic E-state index is -5.15. The summed E-state index contributed by atoms with van der Waals surface area (Å²) in [7, 11) is 0. The molecule has 0 saturated heterocycles. The van der Waals surface area contributed by atoms with Crippen LogP contribution in [0.5, 0.6) is 5.75 Å². The molecular formula is C19H16F4N2O3. The molecule has 0 aliphatic carbocycles. The number of hydrazone groups is 1. The van der Waals surface area contributed by atoms with Gasteiger partial charge in [0.25, 0.3) is 5.72 Å². The van der Waals surface area contributed by atoms with Gasteiger partial charge in [0, 0.05) is 6.42 Å². The third kappa shape index (κ3) is 3.70. The number of hydrogen-bond donors (Lipinski definition) is 2. The van der Waals surface area contributed by atoms with Gasteiger partial charge in [0.2, 0.25) is 5.91 Å². The molecule has 1 heterocycles. The molecule has 1 aliphatic heterocycles. The second-order valence-electron chi connectivity index (χ2n) is 6.38. The lowest BCUT2D eigenvalue weighted by Gasteiger charge is -2.32. The van der Waals surface area contributed by atoms with Crippen LogP contribution in [0.1, 0.15) is 24.0 Å². The van der Waals surface area contributed by atoms with E-state index >= 15 is 0 Å². The Bertz CT molecular complexity index is 912. The molecule has 9 heteroatoms. The van der Waals surface area contributed by atoms with Crippen LogP contribution >= 0.6 is 0 Å². The van der Waals surface area contributed by atoms with Crippen molar-refractivity contribution in [3.8, 4) is 5.75 Å². The molecule has 0 saturated carbocycles. The van der Waals surface area contributed by atoms with E-state index in [1.807, 2.05) is 0 Å². The number of aliphatic hydroxyl groups is 1. The number of halogens is 4. The molecule has 5 nitrogen and oxygen atoms in total. The van der Waals surface area contributed by atoms with E-state index in [1.165, 1.54) is 24.3 Å². The Morgan fingerprint density at radius 3 is 2.39 bits per heavy atom. The number of rotatable bonds is 4. The first-order valence-corrected chi connectivity index (χ1v) is 8.34. The minimum Gasteiger partial charge on any atom is -0.508 e. The van der Waals surface area contributed by atoms with Crippen LogP contribution in [0.25, 0.3) is 0 Å². The maximum Gasteiger partial charge on any atom is 0.438 e. The first kappa shape index (κ1) is 19.8. The summed E-state index contributed by atoms with van der Waals surface area (Å²) in [5, 5.41) is 23.7. The lowest BCUT2D eigenvalue weighted by Crippen LogP contribution is -2.56. The van der Waals surface area contributed by atoms with Crippen molar-refractivity contribution >= 4 is 11.6 Å². The van der Waals surface area contributed by atoms with Crippen LogP contribution in [0.15, 0.2) is 53.6 Å². The Labute approximate surface area is 157 Å². The molecule has 0 bridgehead atoms. The average Bonchev–Trinajstić information content (AvgIpc) is 3.00. The molecule has 3 rings (SSSR count). The number of aromatic hydroxyl groups is 1. The minimum absolute atomic E-state index is 0.0304. The first-order chi connectivity index (χ1) is 13.1. The highest BCUT2D eigenvalue weighted by Crippen LogP contribution is 2.41. The zero-order chi connectivity index (χ0) is 20.5. The highest BCUT2D eigenvalue weighted by Gasteiger charge is 2.63. The normalized spacial score (nSPS) is 19.6. The van der Waals surface area contributed by atoms with Crippen LogP contribution in [0, 0.1) is 5.82 Å². The number of aryl methyl sites for hydroxylation is 1. The van der Waals surface area contributed by atoms with Crippen LogP contribution in [0.3, 0.4) is 0 Å². The van der Waals surface area contributed by atoms with Crippen molar-refractivity contribution in [3.63, 3.8) is 0 Å². The quantitative estimate of drug-likeness (QED) is 0.779. The van der Waals surface area contributed by atoms with E-state index in [1.54, 1.807) is 12.1 Å². The van der Waals surface area contributed by atoms with Gasteiger partial charge in [-0.1, -0.05) is 30.3 Å². The molecule has 1 aliphatic rings. The van der Waals surface area contributed by atoms with Crippen molar-refractivity contribution < 1.29 is 32.6 Å². The van der Waals surface area contributed by atoms with Gasteiger partial charge in [-0.15, -0.1) is 0 Å². The molecule has 2 N–H and O–H groups in total. The Balaban J connectivity index is 1.86. The summed E-state index contributed by atoms with van der Waals surface area (Å²) in [6.07, 6.45) is -6.55. The number of carbonyl (C=O) groups is 1. The van der Waals surface area contributed by atoms with E-state index < -0.39 is 36.5 Å². The molecule has 1 amide bonds. The van der Waals surface area contributed by atoms with E-state index in [4.69, 9.17) is 0 Å². The van der Waals surface area contributed by atoms with Gasteiger partial charge in [-0.2, -0.15) is 23.3 Å². The predicted octanol–water partition coefficient (Wildman–Crippen LogP) is 3.35. The molecule has 0 aromatic heterocycles. The number of amides is 1. The number of benzene rings is 2. The Hall–Kier alpha value is -2.94. The van der Waals surface area contributed by atoms with Gasteiger partial charge in [0.1, 0.15) is 11.6 Å². The summed E-state index contributed by atoms with van der Waals surface area (Å²) in [5.41, 5.74) is -3.13. The van der Waals surface area contributed by atoms with E-state index in [-0.39, 0.29) is 28.5 Å². The monoisotopic (exact) mass is 396 g/mol. The van der Waals surface area contributed by atoms with Crippen LogP contribution in [0.2, 0.25) is 0 Å². The molecule has 0 unspecified atom stereocenters. The van der Waals surface area contributed by atoms with Crippen LogP contribution < -0.4 is 0 Å². The zero-order valence-electron chi connectivity index (χ0n) is 14.4. The molecule has 28 heavy (non-hydrogen) atoms. The number of para-hydroxylation sites is 1.